The number of phosphoric ester groups is 1. The van der Waals surface area contributed by atoms with Gasteiger partial charge in [-0.25, -0.2) is 0 Å². The molecule has 0 aliphatic rings. The average Bonchev–Trinajstić information content (AvgIpc) is 3.18. The van der Waals surface area contributed by atoms with Gasteiger partial charge in [-0.3, -0.25) is 9.36 Å². The molecule has 0 amide bonds. The van der Waals surface area contributed by atoms with Gasteiger partial charge in [0.05, 0.1) is 34.4 Å². The molecule has 2 unspecified atom stereocenters. The highest BCUT2D eigenvalue weighted by atomic mass is 31.2. The molecule has 0 heterocycles. The molecule has 0 radical (unpaired) electrons. The van der Waals surface area contributed by atoms with Crippen LogP contribution in [0.4, 0.5) is 0 Å². The third-order valence-corrected chi connectivity index (χ3v) is 12.0. The second kappa shape index (κ2) is 42.9. The van der Waals surface area contributed by atoms with Gasteiger partial charge in [-0.15, -0.1) is 0 Å². The summed E-state index contributed by atoms with van der Waals surface area (Å²) in [7, 11) is 1.37. The van der Waals surface area contributed by atoms with Crippen molar-refractivity contribution in [3.63, 3.8) is 0 Å². The predicted molar refractivity (Wildman–Crippen MR) is 245 cm³/mol. The number of carbonyl (C=O) groups is 1. The number of unbranched alkanes of at least 4 members (excludes halogenated alkanes) is 31. The third-order valence-electron chi connectivity index (χ3n) is 11.1. The van der Waals surface area contributed by atoms with Gasteiger partial charge in [0.25, 0.3) is 7.82 Å². The molecule has 0 aromatic carbocycles. The number of likely N-dealkylation sites (N-methyl/N-ethyl adjacent to an activating group) is 1. The van der Waals surface area contributed by atoms with Crippen LogP contribution in [0.15, 0.2) is 12.2 Å². The van der Waals surface area contributed by atoms with E-state index in [1.54, 1.807) is 0 Å². The van der Waals surface area contributed by atoms with Crippen molar-refractivity contribution in [2.75, 3.05) is 54.1 Å². The molecular weight excluding hydrogens is 746 g/mol. The Bertz CT molecular complexity index is 940. The molecule has 0 aromatic rings. The zero-order valence-electron chi connectivity index (χ0n) is 39.3. The lowest BCUT2D eigenvalue weighted by atomic mass is 10.0. The van der Waals surface area contributed by atoms with Gasteiger partial charge in [0.2, 0.25) is 0 Å². The normalized spacial score (nSPS) is 13.7. The number of allylic oxidation sites excluding steroid dienone is 2. The van der Waals surface area contributed by atoms with Crippen LogP contribution in [0, 0.1) is 0 Å². The smallest absolute Gasteiger partial charge is 0.306 e. The molecule has 0 spiro atoms. The van der Waals surface area contributed by atoms with E-state index < -0.39 is 13.9 Å². The highest BCUT2D eigenvalue weighted by Gasteiger charge is 2.20. The van der Waals surface area contributed by atoms with E-state index in [-0.39, 0.29) is 25.8 Å². The fourth-order valence-electron chi connectivity index (χ4n) is 7.19. The minimum absolute atomic E-state index is 0.0284. The van der Waals surface area contributed by atoms with Crippen molar-refractivity contribution in [3.05, 3.63) is 12.2 Å². The van der Waals surface area contributed by atoms with Crippen molar-refractivity contribution in [3.8, 4) is 0 Å². The molecule has 346 valence electrons. The van der Waals surface area contributed by atoms with Crippen LogP contribution in [0.3, 0.4) is 0 Å². The van der Waals surface area contributed by atoms with E-state index in [4.69, 9.17) is 18.5 Å². The van der Waals surface area contributed by atoms with E-state index in [2.05, 4.69) is 26.0 Å². The number of ether oxygens (including phenoxy) is 2. The van der Waals surface area contributed by atoms with Crippen LogP contribution >= 0.6 is 7.82 Å². The first-order valence-electron chi connectivity index (χ1n) is 24.9. The van der Waals surface area contributed by atoms with Gasteiger partial charge in [0, 0.05) is 13.0 Å². The number of esters is 1. The summed E-state index contributed by atoms with van der Waals surface area (Å²) in [5.41, 5.74) is 0. The number of hydrogen-bond acceptors (Lipinski definition) is 7. The van der Waals surface area contributed by atoms with Gasteiger partial charge < -0.3 is 27.9 Å². The molecule has 0 fully saturated rings. The monoisotopic (exact) mass is 844 g/mol. The molecule has 8 nitrogen and oxygen atoms in total. The topological polar surface area (TPSA) is 94.1 Å². The number of carbonyl (C=O) groups excluding carboxylic acids is 1. The van der Waals surface area contributed by atoms with E-state index in [0.717, 1.165) is 32.1 Å². The fourth-order valence-corrected chi connectivity index (χ4v) is 7.92. The lowest BCUT2D eigenvalue weighted by Crippen LogP contribution is -2.37. The van der Waals surface area contributed by atoms with Crippen molar-refractivity contribution >= 4 is 13.8 Å². The van der Waals surface area contributed by atoms with Gasteiger partial charge in [0.1, 0.15) is 19.3 Å². The van der Waals surface area contributed by atoms with E-state index in [1.807, 2.05) is 21.1 Å². The molecule has 9 heteroatoms. The Balaban J connectivity index is 4.12. The Labute approximate surface area is 360 Å². The predicted octanol–water partition coefficient (Wildman–Crippen LogP) is 14.4. The maximum atomic E-state index is 12.7. The van der Waals surface area contributed by atoms with Gasteiger partial charge in [-0.2, -0.15) is 0 Å². The fraction of sp³-hybridized carbons (Fsp3) is 0.939. The van der Waals surface area contributed by atoms with Crippen LogP contribution in [-0.2, 0) is 27.9 Å². The first-order valence-corrected chi connectivity index (χ1v) is 26.4. The molecular formula is C49H98NO7P. The number of rotatable bonds is 47. The summed E-state index contributed by atoms with van der Waals surface area (Å²) in [6.45, 7) is 5.45. The Morgan fingerprint density at radius 2 is 0.897 bits per heavy atom. The Kier molecular flexibility index (Phi) is 42.3. The van der Waals surface area contributed by atoms with Gasteiger partial charge in [-0.1, -0.05) is 206 Å². The van der Waals surface area contributed by atoms with Crippen molar-refractivity contribution < 1.29 is 37.3 Å². The van der Waals surface area contributed by atoms with Crippen LogP contribution in [0.25, 0.3) is 0 Å². The van der Waals surface area contributed by atoms with Crippen molar-refractivity contribution in [2.45, 2.75) is 245 Å². The summed E-state index contributed by atoms with van der Waals surface area (Å²) in [4.78, 5) is 25.1. The van der Waals surface area contributed by atoms with E-state index in [9.17, 15) is 14.3 Å². The quantitative estimate of drug-likeness (QED) is 0.0198. The van der Waals surface area contributed by atoms with Gasteiger partial charge >= 0.3 is 5.97 Å². The van der Waals surface area contributed by atoms with Crippen LogP contribution < -0.4 is 4.89 Å². The minimum Gasteiger partial charge on any atom is -0.756 e. The van der Waals surface area contributed by atoms with Crippen molar-refractivity contribution in [1.29, 1.82) is 0 Å². The highest BCUT2D eigenvalue weighted by Crippen LogP contribution is 2.38. The number of nitrogens with zero attached hydrogens (tertiary/aromatic N) is 1. The maximum absolute atomic E-state index is 12.7. The highest BCUT2D eigenvalue weighted by molar-refractivity contribution is 7.45. The summed E-state index contributed by atoms with van der Waals surface area (Å²) in [5, 5.41) is 0. The first kappa shape index (κ1) is 57.2. The largest absolute Gasteiger partial charge is 0.756 e. The molecule has 0 saturated heterocycles. The Hall–Kier alpha value is -0.760. The minimum atomic E-state index is -4.52. The second-order valence-corrected chi connectivity index (χ2v) is 19.6. The molecule has 0 bridgehead atoms. The molecule has 2 atom stereocenters. The van der Waals surface area contributed by atoms with Crippen molar-refractivity contribution in [2.24, 2.45) is 0 Å². The number of hydrogen-bond donors (Lipinski definition) is 0. The Morgan fingerprint density at radius 1 is 0.517 bits per heavy atom. The molecule has 0 aliphatic heterocycles. The number of quaternary nitrogens is 1. The van der Waals surface area contributed by atoms with Crippen LogP contribution in [0.1, 0.15) is 239 Å². The third kappa shape index (κ3) is 46.3. The summed E-state index contributed by atoms with van der Waals surface area (Å²) >= 11 is 0. The molecule has 0 N–H and O–H groups in total. The molecule has 0 aromatic heterocycles. The van der Waals surface area contributed by atoms with E-state index in [1.165, 1.54) is 186 Å². The molecule has 0 saturated carbocycles. The Morgan fingerprint density at radius 3 is 1.31 bits per heavy atom. The molecule has 0 aliphatic carbocycles. The SMILES string of the molecule is CCCCCCCC/C=C\CCCCCCCCOCC(COP(=O)([O-])OCC[N+](C)(C)C)OC(=O)CCCCCCCCCCCCCCCCCCCCCC. The van der Waals surface area contributed by atoms with Gasteiger partial charge in [0.15, 0.2) is 0 Å². The maximum Gasteiger partial charge on any atom is 0.306 e. The first-order chi connectivity index (χ1) is 28.1. The van der Waals surface area contributed by atoms with Crippen LogP contribution in [-0.4, -0.2) is 70.7 Å². The van der Waals surface area contributed by atoms with E-state index >= 15 is 0 Å². The second-order valence-electron chi connectivity index (χ2n) is 18.2. The van der Waals surface area contributed by atoms with Gasteiger partial charge in [-0.05, 0) is 38.5 Å². The van der Waals surface area contributed by atoms with Crippen LogP contribution in [0.5, 0.6) is 0 Å². The summed E-state index contributed by atoms with van der Waals surface area (Å²) in [6, 6.07) is 0. The summed E-state index contributed by atoms with van der Waals surface area (Å²) in [6.07, 6.45) is 48.0. The molecule has 58 heavy (non-hydrogen) atoms. The molecule has 0 rings (SSSR count). The van der Waals surface area contributed by atoms with Crippen molar-refractivity contribution in [1.82, 2.24) is 0 Å². The lowest BCUT2D eigenvalue weighted by Gasteiger charge is -2.28. The zero-order valence-corrected chi connectivity index (χ0v) is 40.2. The number of phosphoric acid groups is 1. The van der Waals surface area contributed by atoms with Crippen LogP contribution in [0.2, 0.25) is 0 Å². The summed E-state index contributed by atoms with van der Waals surface area (Å²) in [5.74, 6) is -0.330. The zero-order chi connectivity index (χ0) is 42.7. The van der Waals surface area contributed by atoms with E-state index in [0.29, 0.717) is 24.1 Å². The standard InChI is InChI=1S/C49H98NO7P/c1-6-8-10-12-14-16-18-20-22-24-25-26-27-28-30-32-34-36-38-40-42-49(51)57-48(47-56-58(52,53)55-45-43-50(3,4)5)46-54-44-41-39-37-35-33-31-29-23-21-19-17-15-13-11-9-7-2/h21,23,48H,6-20,22,24-47H2,1-5H3/b23-21-. The summed E-state index contributed by atoms with van der Waals surface area (Å²) < 4.78 is 34.7. The lowest BCUT2D eigenvalue weighted by molar-refractivity contribution is -0.870. The average molecular weight is 844 g/mol.